The van der Waals surface area contributed by atoms with Crippen molar-refractivity contribution in [2.75, 3.05) is 0 Å². The maximum Gasteiger partial charge on any atom is 0.274 e. The molecule has 1 heterocycles. The molecule has 0 spiro atoms. The molecule has 2 aliphatic rings. The lowest BCUT2D eigenvalue weighted by atomic mass is 9.78. The smallest absolute Gasteiger partial charge is 0.272 e. The summed E-state index contributed by atoms with van der Waals surface area (Å²) in [5, 5.41) is 3.07. The molecule has 0 aromatic heterocycles. The van der Waals surface area contributed by atoms with E-state index in [0.717, 1.165) is 10.0 Å². The molecular formula is C23H19Cl3N2O3. The fourth-order valence-corrected chi connectivity index (χ4v) is 4.72. The molecular weight excluding hydrogens is 459 g/mol. The van der Waals surface area contributed by atoms with Crippen LogP contribution in [0.1, 0.15) is 29.3 Å². The van der Waals surface area contributed by atoms with Crippen LogP contribution in [0.2, 0.25) is 15.1 Å². The van der Waals surface area contributed by atoms with Crippen molar-refractivity contribution < 1.29 is 14.4 Å². The van der Waals surface area contributed by atoms with E-state index in [0.29, 0.717) is 22.0 Å². The van der Waals surface area contributed by atoms with Gasteiger partial charge in [0, 0.05) is 0 Å². The molecule has 0 N–H and O–H groups in total. The average Bonchev–Trinajstić information content (AvgIpc) is 3.00. The van der Waals surface area contributed by atoms with E-state index in [1.807, 2.05) is 19.1 Å². The zero-order valence-corrected chi connectivity index (χ0v) is 18.9. The number of rotatable bonds is 4. The third kappa shape index (κ3) is 3.98. The number of hydrazine groups is 1. The lowest BCUT2D eigenvalue weighted by Gasteiger charge is -2.31. The molecule has 1 fully saturated rings. The standard InChI is InChI=1S/C23H19Cl3N2O3/c1-13-5-4-7-16-20(13)23(31)28(22(16)30)27(12-14-9-10-18(25)19(26)11-14)21(29)15-6-2-3-8-17(15)24/h2-6,8-11,13,16,20H,7,12H2,1H3/t13-,16+,20+/m1/s1. The number of carbonyl (C=O) groups excluding carboxylic acids is 3. The Labute approximate surface area is 195 Å². The summed E-state index contributed by atoms with van der Waals surface area (Å²) < 4.78 is 0. The molecule has 1 aliphatic carbocycles. The molecule has 1 aliphatic heterocycles. The first kappa shape index (κ1) is 21.9. The molecule has 8 heteroatoms. The number of nitrogens with zero attached hydrogens (tertiary/aromatic N) is 2. The summed E-state index contributed by atoms with van der Waals surface area (Å²) in [5.41, 5.74) is 0.822. The van der Waals surface area contributed by atoms with Gasteiger partial charge >= 0.3 is 0 Å². The van der Waals surface area contributed by atoms with Crippen molar-refractivity contribution in [1.29, 1.82) is 0 Å². The Bertz CT molecular complexity index is 1100. The van der Waals surface area contributed by atoms with Gasteiger partial charge in [0.05, 0.1) is 39.0 Å². The van der Waals surface area contributed by atoms with Crippen molar-refractivity contribution in [2.45, 2.75) is 19.9 Å². The van der Waals surface area contributed by atoms with E-state index < -0.39 is 17.7 Å². The van der Waals surface area contributed by atoms with Crippen molar-refractivity contribution in [3.63, 3.8) is 0 Å². The maximum absolute atomic E-state index is 13.5. The summed E-state index contributed by atoms with van der Waals surface area (Å²) in [6, 6.07) is 11.5. The van der Waals surface area contributed by atoms with E-state index >= 15 is 0 Å². The highest BCUT2D eigenvalue weighted by atomic mass is 35.5. The average molecular weight is 478 g/mol. The van der Waals surface area contributed by atoms with Crippen molar-refractivity contribution in [2.24, 2.45) is 17.8 Å². The minimum atomic E-state index is -0.544. The minimum absolute atomic E-state index is 0.0420. The summed E-state index contributed by atoms with van der Waals surface area (Å²) in [7, 11) is 0. The highest BCUT2D eigenvalue weighted by Crippen LogP contribution is 2.40. The summed E-state index contributed by atoms with van der Waals surface area (Å²) in [4.78, 5) is 40.1. The number of amides is 3. The van der Waals surface area contributed by atoms with Crippen LogP contribution in [-0.4, -0.2) is 27.7 Å². The van der Waals surface area contributed by atoms with Crippen LogP contribution in [0.5, 0.6) is 0 Å². The Kier molecular flexibility index (Phi) is 6.11. The van der Waals surface area contributed by atoms with Crippen LogP contribution in [0.15, 0.2) is 54.6 Å². The number of fused-ring (bicyclic) bond motifs is 1. The summed E-state index contributed by atoms with van der Waals surface area (Å²) >= 11 is 18.4. The highest BCUT2D eigenvalue weighted by Gasteiger charge is 2.53. The van der Waals surface area contributed by atoms with Crippen LogP contribution in [0.3, 0.4) is 0 Å². The van der Waals surface area contributed by atoms with Gasteiger partial charge in [0.2, 0.25) is 0 Å². The fraction of sp³-hybridized carbons (Fsp3) is 0.261. The van der Waals surface area contributed by atoms with Gasteiger partial charge in [0.15, 0.2) is 0 Å². The third-order valence-electron chi connectivity index (χ3n) is 5.75. The molecule has 1 saturated heterocycles. The van der Waals surface area contributed by atoms with E-state index in [1.165, 1.54) is 0 Å². The maximum atomic E-state index is 13.5. The number of hydrogen-bond acceptors (Lipinski definition) is 3. The van der Waals surface area contributed by atoms with Gasteiger partial charge in [-0.15, -0.1) is 0 Å². The van der Waals surface area contributed by atoms with Crippen molar-refractivity contribution in [3.8, 4) is 0 Å². The molecule has 5 nitrogen and oxygen atoms in total. The normalized spacial score (nSPS) is 22.6. The van der Waals surface area contributed by atoms with Gasteiger partial charge in [-0.2, -0.15) is 5.01 Å². The first-order valence-corrected chi connectivity index (χ1v) is 11.0. The second-order valence-corrected chi connectivity index (χ2v) is 8.96. The summed E-state index contributed by atoms with van der Waals surface area (Å²) in [6.07, 6.45) is 4.33. The van der Waals surface area contributed by atoms with Crippen LogP contribution in [-0.2, 0) is 16.1 Å². The second kappa shape index (κ2) is 8.65. The second-order valence-electron chi connectivity index (χ2n) is 7.73. The van der Waals surface area contributed by atoms with Gasteiger partial charge in [-0.25, -0.2) is 5.01 Å². The zero-order chi connectivity index (χ0) is 22.3. The molecule has 2 aromatic rings. The van der Waals surface area contributed by atoms with Crippen LogP contribution < -0.4 is 0 Å². The Hall–Kier alpha value is -2.34. The number of allylic oxidation sites excluding steroid dienone is 2. The van der Waals surface area contributed by atoms with Gasteiger partial charge in [-0.3, -0.25) is 14.4 Å². The zero-order valence-electron chi connectivity index (χ0n) is 16.6. The number of benzene rings is 2. The number of carbonyl (C=O) groups is 3. The Morgan fingerprint density at radius 1 is 1.03 bits per heavy atom. The number of imide groups is 1. The van der Waals surface area contributed by atoms with E-state index in [4.69, 9.17) is 34.8 Å². The minimum Gasteiger partial charge on any atom is -0.272 e. The Balaban J connectivity index is 1.76. The Morgan fingerprint density at radius 2 is 1.77 bits per heavy atom. The lowest BCUT2D eigenvalue weighted by Crippen LogP contribution is -2.50. The monoisotopic (exact) mass is 476 g/mol. The molecule has 0 radical (unpaired) electrons. The predicted octanol–water partition coefficient (Wildman–Crippen LogP) is 5.40. The van der Waals surface area contributed by atoms with Gasteiger partial charge in [-0.1, -0.05) is 72.1 Å². The topological polar surface area (TPSA) is 57.7 Å². The molecule has 0 saturated carbocycles. The first-order chi connectivity index (χ1) is 14.8. The summed E-state index contributed by atoms with van der Waals surface area (Å²) in [6.45, 7) is 1.86. The molecule has 3 amide bonds. The molecule has 31 heavy (non-hydrogen) atoms. The van der Waals surface area contributed by atoms with Crippen LogP contribution in [0.25, 0.3) is 0 Å². The highest BCUT2D eigenvalue weighted by molar-refractivity contribution is 6.42. The molecule has 160 valence electrons. The fourth-order valence-electron chi connectivity index (χ4n) is 4.19. The van der Waals surface area contributed by atoms with Gasteiger partial charge < -0.3 is 0 Å². The Morgan fingerprint density at radius 3 is 2.45 bits per heavy atom. The predicted molar refractivity (Wildman–Crippen MR) is 120 cm³/mol. The molecule has 3 atom stereocenters. The van der Waals surface area contributed by atoms with E-state index in [-0.39, 0.29) is 34.9 Å². The van der Waals surface area contributed by atoms with Crippen LogP contribution >= 0.6 is 34.8 Å². The summed E-state index contributed by atoms with van der Waals surface area (Å²) in [5.74, 6) is -2.38. The van der Waals surface area contributed by atoms with E-state index in [1.54, 1.807) is 42.5 Å². The number of hydrogen-bond donors (Lipinski definition) is 0. The van der Waals surface area contributed by atoms with E-state index in [9.17, 15) is 14.4 Å². The SMILES string of the molecule is C[C@@H]1C=CC[C@@H]2C(=O)N(N(Cc3ccc(Cl)c(Cl)c3)C(=O)c3ccccc3Cl)C(=O)[C@@H]12. The van der Waals surface area contributed by atoms with Crippen LogP contribution in [0.4, 0.5) is 0 Å². The molecule has 2 aromatic carbocycles. The van der Waals surface area contributed by atoms with Gasteiger partial charge in [0.25, 0.3) is 17.7 Å². The number of halogens is 3. The van der Waals surface area contributed by atoms with Gasteiger partial charge in [-0.05, 0) is 42.2 Å². The quantitative estimate of drug-likeness (QED) is 0.437. The van der Waals surface area contributed by atoms with Crippen molar-refractivity contribution in [1.82, 2.24) is 10.0 Å². The molecule has 0 unspecified atom stereocenters. The molecule has 0 bridgehead atoms. The molecule has 4 rings (SSSR count). The lowest BCUT2D eigenvalue weighted by molar-refractivity contribution is -0.155. The van der Waals surface area contributed by atoms with Crippen LogP contribution in [0, 0.1) is 17.8 Å². The van der Waals surface area contributed by atoms with Crippen molar-refractivity contribution >= 4 is 52.5 Å². The third-order valence-corrected chi connectivity index (χ3v) is 6.81. The van der Waals surface area contributed by atoms with Crippen molar-refractivity contribution in [3.05, 3.63) is 80.8 Å². The first-order valence-electron chi connectivity index (χ1n) is 9.84. The largest absolute Gasteiger partial charge is 0.274 e. The van der Waals surface area contributed by atoms with E-state index in [2.05, 4.69) is 0 Å². The van der Waals surface area contributed by atoms with Gasteiger partial charge in [0.1, 0.15) is 0 Å².